The quantitative estimate of drug-likeness (QED) is 0.120. The van der Waals surface area contributed by atoms with Crippen LogP contribution < -0.4 is 24.8 Å². The zero-order chi connectivity index (χ0) is 35.9. The van der Waals surface area contributed by atoms with E-state index in [4.69, 9.17) is 0 Å². The van der Waals surface area contributed by atoms with Crippen molar-refractivity contribution in [2.45, 2.75) is 123 Å². The predicted octanol–water partition coefficient (Wildman–Crippen LogP) is 8.83. The van der Waals surface area contributed by atoms with E-state index in [1.54, 1.807) is 28.9 Å². The molecule has 0 spiro atoms. The number of halogens is 2. The van der Waals surface area contributed by atoms with Crippen LogP contribution in [0.25, 0.3) is 43.8 Å². The minimum atomic E-state index is 0. The topological polar surface area (TPSA) is 0 Å². The van der Waals surface area contributed by atoms with Crippen molar-refractivity contribution in [2.75, 3.05) is 0 Å². The SMILES string of the molecule is CCc1cc2c(-c3ccc(C4CCCCC4)cc3)cc(C)cc2[cH-]1.C[Si](C)=[Zr+2].Cc1cc(-c2ccc(C3CCCCC3)cc2)c2cc(C)[cH-]c2c1.[Cl-].[Cl-]. The first kappa shape index (κ1) is 43.5. The Labute approximate surface area is 348 Å². The summed E-state index contributed by atoms with van der Waals surface area (Å²) >= 11 is 1.74. The van der Waals surface area contributed by atoms with Gasteiger partial charge in [-0.25, -0.2) is 0 Å². The molecule has 2 aliphatic carbocycles. The molecule has 0 heterocycles. The standard InChI is InChI=1S/C24H27.C23H25.C2H6Si.2ClH.Zr/c1-3-18-15-22-13-17(2)14-23(24(22)16-18)21-11-9-20(10-12-21)19-7-5-4-6-8-19;1-16-12-21-13-17(2)15-23(21)22(14-16)20-10-8-19(9-11-20)18-6-4-3-5-7-18;1-3-2;;;/h9-16,19H,3-8H2,1-2H3;8-15,18H,3-7H2,1-2H3;1-2H3;2*1H;/q2*-1;;;;+2/p-2. The zero-order valence-electron chi connectivity index (χ0n) is 32.9. The molecule has 53 heavy (non-hydrogen) atoms. The van der Waals surface area contributed by atoms with Crippen LogP contribution in [0.15, 0.2) is 97.1 Å². The van der Waals surface area contributed by atoms with Crippen molar-refractivity contribution in [1.82, 2.24) is 0 Å². The van der Waals surface area contributed by atoms with Gasteiger partial charge in [0.2, 0.25) is 0 Å². The summed E-state index contributed by atoms with van der Waals surface area (Å²) in [5, 5.41) is 5.55. The van der Waals surface area contributed by atoms with Gasteiger partial charge in [-0.3, -0.25) is 0 Å². The van der Waals surface area contributed by atoms with E-state index in [0.29, 0.717) is 0 Å². The molecule has 2 aliphatic rings. The van der Waals surface area contributed by atoms with Crippen LogP contribution in [0.1, 0.15) is 116 Å². The van der Waals surface area contributed by atoms with Gasteiger partial charge in [-0.2, -0.15) is 12.1 Å². The minimum Gasteiger partial charge on any atom is -1.00 e. The molecule has 6 aromatic rings. The summed E-state index contributed by atoms with van der Waals surface area (Å²) in [6, 6.07) is 37.5. The molecule has 2 saturated carbocycles. The van der Waals surface area contributed by atoms with Crippen molar-refractivity contribution in [3.63, 3.8) is 0 Å². The summed E-state index contributed by atoms with van der Waals surface area (Å²) in [6.07, 6.45) is 15.0. The Morgan fingerprint density at radius 1 is 0.566 bits per heavy atom. The molecular weight excluding hydrogens is 779 g/mol. The summed E-state index contributed by atoms with van der Waals surface area (Å²) in [5.41, 5.74) is 14.2. The van der Waals surface area contributed by atoms with Gasteiger partial charge in [-0.05, 0) is 80.0 Å². The van der Waals surface area contributed by atoms with Crippen LogP contribution in [0.3, 0.4) is 0 Å². The number of benzene rings is 4. The molecule has 0 N–H and O–H groups in total. The smallest absolute Gasteiger partial charge is 0.0162 e. The predicted molar refractivity (Wildman–Crippen MR) is 223 cm³/mol. The third-order valence-electron chi connectivity index (χ3n) is 11.1. The maximum absolute atomic E-state index is 2.38. The van der Waals surface area contributed by atoms with Crippen LogP contribution in [-0.2, 0) is 29.8 Å². The third-order valence-corrected chi connectivity index (χ3v) is 11.1. The van der Waals surface area contributed by atoms with E-state index in [1.807, 2.05) is 0 Å². The minimum absolute atomic E-state index is 0. The Hall–Kier alpha value is -2.22. The van der Waals surface area contributed by atoms with E-state index in [9.17, 15) is 0 Å². The largest absolute Gasteiger partial charge is 1.00 e. The Morgan fingerprint density at radius 2 is 0.962 bits per heavy atom. The Kier molecular flexibility index (Phi) is 16.9. The molecule has 278 valence electrons. The fourth-order valence-corrected chi connectivity index (χ4v) is 8.58. The second-order valence-electron chi connectivity index (χ2n) is 15.8. The van der Waals surface area contributed by atoms with E-state index < -0.39 is 0 Å². The van der Waals surface area contributed by atoms with Gasteiger partial charge in [0.15, 0.2) is 0 Å². The van der Waals surface area contributed by atoms with Crippen molar-refractivity contribution >= 4 is 27.0 Å². The molecule has 6 aromatic carbocycles. The van der Waals surface area contributed by atoms with Crippen LogP contribution >= 0.6 is 0 Å². The average Bonchev–Trinajstić information content (AvgIpc) is 3.74. The van der Waals surface area contributed by atoms with Crippen LogP contribution in [0, 0.1) is 20.8 Å². The first-order valence-electron chi connectivity index (χ1n) is 19.8. The van der Waals surface area contributed by atoms with Crippen molar-refractivity contribution in [3.05, 3.63) is 130 Å². The molecule has 0 bridgehead atoms. The van der Waals surface area contributed by atoms with E-state index in [2.05, 4.69) is 138 Å². The first-order chi connectivity index (χ1) is 24.7. The van der Waals surface area contributed by atoms with Crippen LogP contribution in [0.5, 0.6) is 0 Å². The summed E-state index contributed by atoms with van der Waals surface area (Å²) < 4.78 is 0. The molecule has 0 radical (unpaired) electrons. The molecule has 0 aliphatic heterocycles. The molecule has 2 fully saturated rings. The molecule has 0 saturated heterocycles. The number of rotatable bonds is 5. The maximum Gasteiger partial charge on any atom is -0.0162 e. The molecule has 4 heteroatoms. The maximum atomic E-state index is 2.38. The Morgan fingerprint density at radius 3 is 1.38 bits per heavy atom. The Balaban J connectivity index is 0.000000208. The van der Waals surface area contributed by atoms with Crippen molar-refractivity contribution in [2.24, 2.45) is 0 Å². The molecule has 0 atom stereocenters. The average molecular weight is 837 g/mol. The zero-order valence-corrected chi connectivity index (χ0v) is 37.9. The van der Waals surface area contributed by atoms with E-state index in [0.717, 1.165) is 18.3 Å². The molecule has 8 rings (SSSR count). The summed E-state index contributed by atoms with van der Waals surface area (Å²) in [7, 11) is 0. The molecule has 0 amide bonds. The fraction of sp³-hybridized carbons (Fsp3) is 0.388. The van der Waals surface area contributed by atoms with E-state index in [-0.39, 0.29) is 30.2 Å². The molecule has 0 nitrogen and oxygen atoms in total. The van der Waals surface area contributed by atoms with Crippen molar-refractivity contribution < 1.29 is 48.1 Å². The fourth-order valence-electron chi connectivity index (χ4n) is 8.58. The van der Waals surface area contributed by atoms with Gasteiger partial charge in [0.05, 0.1) is 0 Å². The van der Waals surface area contributed by atoms with Gasteiger partial charge in [-0.1, -0.05) is 135 Å². The summed E-state index contributed by atoms with van der Waals surface area (Å²) in [4.78, 5) is 0. The number of hydrogen-bond acceptors (Lipinski definition) is 0. The number of hydrogen-bond donors (Lipinski definition) is 0. The third kappa shape index (κ3) is 11.4. The molecular formula is C49H58Cl2SiZr-2. The van der Waals surface area contributed by atoms with Crippen LogP contribution in [0.2, 0.25) is 13.1 Å². The summed E-state index contributed by atoms with van der Waals surface area (Å²) in [5.74, 6) is 1.58. The van der Waals surface area contributed by atoms with Gasteiger partial charge in [-0.15, -0.1) is 56.9 Å². The van der Waals surface area contributed by atoms with E-state index in [1.165, 1.54) is 136 Å². The van der Waals surface area contributed by atoms with Gasteiger partial charge >= 0.3 is 41.9 Å². The van der Waals surface area contributed by atoms with Crippen molar-refractivity contribution in [1.29, 1.82) is 0 Å². The number of aryl methyl sites for hydroxylation is 4. The second-order valence-corrected chi connectivity index (χ2v) is 25.2. The van der Waals surface area contributed by atoms with Crippen LogP contribution in [-0.4, -0.2) is 5.43 Å². The Bertz CT molecular complexity index is 2050. The normalized spacial score (nSPS) is 14.7. The summed E-state index contributed by atoms with van der Waals surface area (Å²) in [6.45, 7) is 13.4. The molecule has 0 unspecified atom stereocenters. The van der Waals surface area contributed by atoms with Gasteiger partial charge < -0.3 is 24.8 Å². The van der Waals surface area contributed by atoms with Crippen LogP contribution in [0.4, 0.5) is 0 Å². The van der Waals surface area contributed by atoms with E-state index >= 15 is 0 Å². The second kappa shape index (κ2) is 20.6. The first-order valence-corrected chi connectivity index (χ1v) is 26.0. The molecule has 0 aromatic heterocycles. The van der Waals surface area contributed by atoms with Gasteiger partial charge in [0, 0.05) is 0 Å². The van der Waals surface area contributed by atoms with Gasteiger partial charge in [0.25, 0.3) is 0 Å². The van der Waals surface area contributed by atoms with Crippen molar-refractivity contribution in [3.8, 4) is 22.3 Å². The number of fused-ring (bicyclic) bond motifs is 2. The monoisotopic (exact) mass is 834 g/mol. The van der Waals surface area contributed by atoms with Gasteiger partial charge in [0.1, 0.15) is 0 Å².